The average Bonchev–Trinajstić information content (AvgIpc) is 2.72. The maximum Gasteiger partial charge on any atom is 0.379 e. The number of benzene rings is 1. The predicted octanol–water partition coefficient (Wildman–Crippen LogP) is 1.19. The van der Waals surface area contributed by atoms with Crippen molar-refractivity contribution < 1.29 is 33.4 Å². The third-order valence-electron chi connectivity index (χ3n) is 4.89. The molecule has 0 radical (unpaired) electrons. The smallest absolute Gasteiger partial charge is 0.379 e. The summed E-state index contributed by atoms with van der Waals surface area (Å²) in [5.74, 6) is -3.42. The second kappa shape index (κ2) is 9.15. The van der Waals surface area contributed by atoms with E-state index in [1.54, 1.807) is 6.92 Å². The minimum Gasteiger partial charge on any atom is -0.460 e. The molecule has 1 N–H and O–H groups in total. The number of ketones is 1. The van der Waals surface area contributed by atoms with Crippen molar-refractivity contribution in [1.29, 1.82) is 0 Å². The third-order valence-corrected chi connectivity index (χ3v) is 4.89. The van der Waals surface area contributed by atoms with Gasteiger partial charge >= 0.3 is 5.97 Å². The van der Waals surface area contributed by atoms with Crippen molar-refractivity contribution in [3.8, 4) is 0 Å². The molecule has 8 nitrogen and oxygen atoms in total. The molecule has 1 fully saturated rings. The summed E-state index contributed by atoms with van der Waals surface area (Å²) >= 11 is 0. The zero-order valence-corrected chi connectivity index (χ0v) is 16.0. The number of Topliss-reactive ketones (excluding diaryl/α,β-unsaturated/α-hetero) is 1. The van der Waals surface area contributed by atoms with E-state index < -0.39 is 35.4 Å². The van der Waals surface area contributed by atoms with E-state index in [-0.39, 0.29) is 18.2 Å². The van der Waals surface area contributed by atoms with Crippen molar-refractivity contribution in [3.63, 3.8) is 0 Å². The summed E-state index contributed by atoms with van der Waals surface area (Å²) in [6.07, 6.45) is 1.34. The van der Waals surface area contributed by atoms with Gasteiger partial charge in [-0.2, -0.15) is 0 Å². The number of amides is 1. The summed E-state index contributed by atoms with van der Waals surface area (Å²) in [5, 5.41) is 10.8. The molecule has 0 aromatic heterocycles. The number of aliphatic hydroxyl groups is 1. The highest BCUT2D eigenvalue weighted by atomic mass is 19.1. The molecular formula is C20H23FN2O6. The van der Waals surface area contributed by atoms with Crippen LogP contribution in [0.5, 0.6) is 0 Å². The van der Waals surface area contributed by atoms with Gasteiger partial charge in [0, 0.05) is 31.6 Å². The van der Waals surface area contributed by atoms with Crippen LogP contribution in [0.15, 0.2) is 36.0 Å². The van der Waals surface area contributed by atoms with E-state index in [1.165, 1.54) is 23.2 Å². The number of esters is 1. The fourth-order valence-electron chi connectivity index (χ4n) is 3.36. The van der Waals surface area contributed by atoms with Gasteiger partial charge in [-0.1, -0.05) is 0 Å². The molecule has 2 aliphatic rings. The van der Waals surface area contributed by atoms with Gasteiger partial charge in [0.15, 0.2) is 0 Å². The topological polar surface area (TPSA) is 96.4 Å². The standard InChI is InChI=1S/C20H23FN2O6/c1-2-29-19(26)17(24)16-12-22(11-13-7-9-28-10-8-13)20(27)23(18(16)25)15-5-3-14(21)4-6-15/h3-6,12-13,20,27H,2,7-11H2,1H3. The second-order valence-electron chi connectivity index (χ2n) is 6.84. The van der Waals surface area contributed by atoms with Crippen LogP contribution in [0.1, 0.15) is 19.8 Å². The molecule has 1 aromatic carbocycles. The van der Waals surface area contributed by atoms with E-state index in [2.05, 4.69) is 0 Å². The largest absolute Gasteiger partial charge is 0.460 e. The van der Waals surface area contributed by atoms with E-state index in [0.29, 0.717) is 19.8 Å². The lowest BCUT2D eigenvalue weighted by atomic mass is 9.99. The number of nitrogens with zero attached hydrogens (tertiary/aromatic N) is 2. The van der Waals surface area contributed by atoms with E-state index in [4.69, 9.17) is 9.47 Å². The van der Waals surface area contributed by atoms with E-state index in [0.717, 1.165) is 29.9 Å². The van der Waals surface area contributed by atoms with Crippen molar-refractivity contribution in [2.24, 2.45) is 5.92 Å². The number of carbonyl (C=O) groups excluding carboxylic acids is 3. The first kappa shape index (κ1) is 20.9. The molecule has 0 spiro atoms. The van der Waals surface area contributed by atoms with Gasteiger partial charge in [-0.3, -0.25) is 14.5 Å². The molecular weight excluding hydrogens is 383 g/mol. The Balaban J connectivity index is 1.94. The molecule has 1 saturated heterocycles. The van der Waals surface area contributed by atoms with E-state index in [1.807, 2.05) is 0 Å². The predicted molar refractivity (Wildman–Crippen MR) is 99.9 cm³/mol. The maximum atomic E-state index is 13.3. The van der Waals surface area contributed by atoms with Gasteiger partial charge in [0.1, 0.15) is 11.4 Å². The van der Waals surface area contributed by atoms with Crippen LogP contribution >= 0.6 is 0 Å². The first-order valence-electron chi connectivity index (χ1n) is 9.46. The Labute approximate surface area is 167 Å². The first-order valence-corrected chi connectivity index (χ1v) is 9.46. The lowest BCUT2D eigenvalue weighted by molar-refractivity contribution is -0.152. The fourth-order valence-corrected chi connectivity index (χ4v) is 3.36. The highest BCUT2D eigenvalue weighted by Gasteiger charge is 2.40. The monoisotopic (exact) mass is 406 g/mol. The average molecular weight is 406 g/mol. The number of halogens is 1. The zero-order valence-electron chi connectivity index (χ0n) is 16.0. The number of rotatable bonds is 6. The molecule has 2 aliphatic heterocycles. The highest BCUT2D eigenvalue weighted by Crippen LogP contribution is 2.28. The summed E-state index contributed by atoms with van der Waals surface area (Å²) in [7, 11) is 0. The van der Waals surface area contributed by atoms with Crippen LogP contribution in [0, 0.1) is 11.7 Å². The maximum absolute atomic E-state index is 13.3. The number of hydrogen-bond acceptors (Lipinski definition) is 7. The van der Waals surface area contributed by atoms with Gasteiger partial charge in [-0.15, -0.1) is 0 Å². The van der Waals surface area contributed by atoms with Gasteiger partial charge in [0.2, 0.25) is 6.35 Å². The number of ether oxygens (including phenoxy) is 2. The number of aliphatic hydroxyl groups excluding tert-OH is 1. The van der Waals surface area contributed by atoms with Crippen LogP contribution < -0.4 is 4.90 Å². The van der Waals surface area contributed by atoms with Gasteiger partial charge < -0.3 is 19.5 Å². The Hall–Kier alpha value is -2.78. The summed E-state index contributed by atoms with van der Waals surface area (Å²) < 4.78 is 23.4. The minimum absolute atomic E-state index is 0.0118. The highest BCUT2D eigenvalue weighted by molar-refractivity contribution is 6.48. The number of carbonyl (C=O) groups is 3. The van der Waals surface area contributed by atoms with Crippen LogP contribution in [0.25, 0.3) is 0 Å². The number of hydrogen-bond donors (Lipinski definition) is 1. The normalized spacial score (nSPS) is 20.4. The van der Waals surface area contributed by atoms with Crippen LogP contribution in [-0.4, -0.2) is 60.4 Å². The van der Waals surface area contributed by atoms with E-state index in [9.17, 15) is 23.9 Å². The van der Waals surface area contributed by atoms with E-state index >= 15 is 0 Å². The molecule has 0 bridgehead atoms. The van der Waals surface area contributed by atoms with Crippen molar-refractivity contribution in [1.82, 2.24) is 4.90 Å². The molecule has 156 valence electrons. The lowest BCUT2D eigenvalue weighted by Crippen LogP contribution is -2.56. The summed E-state index contributed by atoms with van der Waals surface area (Å²) in [6.45, 7) is 3.08. The Bertz CT molecular complexity index is 804. The molecule has 29 heavy (non-hydrogen) atoms. The quantitative estimate of drug-likeness (QED) is 0.431. The number of anilines is 1. The summed E-state index contributed by atoms with van der Waals surface area (Å²) in [4.78, 5) is 39.8. The van der Waals surface area contributed by atoms with Gasteiger partial charge in [-0.25, -0.2) is 9.18 Å². The second-order valence-corrected chi connectivity index (χ2v) is 6.84. The minimum atomic E-state index is -1.41. The molecule has 9 heteroatoms. The zero-order chi connectivity index (χ0) is 21.0. The molecule has 1 aromatic rings. The molecule has 3 rings (SSSR count). The van der Waals surface area contributed by atoms with Crippen LogP contribution in [0.4, 0.5) is 10.1 Å². The van der Waals surface area contributed by atoms with Crippen molar-refractivity contribution in [2.75, 3.05) is 31.3 Å². The van der Waals surface area contributed by atoms with Gasteiger partial charge in [0.05, 0.1) is 6.61 Å². The Kier molecular flexibility index (Phi) is 6.60. The van der Waals surface area contributed by atoms with Gasteiger partial charge in [0.25, 0.3) is 11.7 Å². The Morgan fingerprint density at radius 2 is 1.90 bits per heavy atom. The lowest BCUT2D eigenvalue weighted by Gasteiger charge is -2.41. The van der Waals surface area contributed by atoms with Crippen molar-refractivity contribution >= 4 is 23.3 Å². The fraction of sp³-hybridized carbons (Fsp3) is 0.450. The molecule has 1 unspecified atom stereocenters. The molecule has 2 heterocycles. The molecule has 1 amide bonds. The van der Waals surface area contributed by atoms with Crippen LogP contribution in [-0.2, 0) is 23.9 Å². The summed E-state index contributed by atoms with van der Waals surface area (Å²) in [5.41, 5.74) is -0.215. The molecule has 1 atom stereocenters. The molecule has 0 saturated carbocycles. The van der Waals surface area contributed by atoms with Crippen molar-refractivity contribution in [2.45, 2.75) is 26.1 Å². The Morgan fingerprint density at radius 3 is 2.52 bits per heavy atom. The van der Waals surface area contributed by atoms with Gasteiger partial charge in [-0.05, 0) is 49.9 Å². The third kappa shape index (κ3) is 4.63. The Morgan fingerprint density at radius 1 is 1.24 bits per heavy atom. The molecule has 0 aliphatic carbocycles. The summed E-state index contributed by atoms with van der Waals surface area (Å²) in [6, 6.07) is 4.92. The SMILES string of the molecule is CCOC(=O)C(=O)C1=CN(CC2CCOCC2)C(O)N(c2ccc(F)cc2)C1=O. The first-order chi connectivity index (χ1) is 13.9. The van der Waals surface area contributed by atoms with Crippen LogP contribution in [0.2, 0.25) is 0 Å². The van der Waals surface area contributed by atoms with Crippen molar-refractivity contribution in [3.05, 3.63) is 41.9 Å². The van der Waals surface area contributed by atoms with Crippen LogP contribution in [0.3, 0.4) is 0 Å².